The van der Waals surface area contributed by atoms with E-state index in [1.807, 2.05) is 13.0 Å². The molecule has 0 bridgehead atoms. The fourth-order valence-corrected chi connectivity index (χ4v) is 5.79. The Morgan fingerprint density at radius 3 is 2.19 bits per heavy atom. The average Bonchev–Trinajstić information content (AvgIpc) is 2.62. The smallest absolute Gasteiger partial charge is 0.192 e. The molecule has 1 aromatic rings. The third kappa shape index (κ3) is 5.64. The van der Waals surface area contributed by atoms with Gasteiger partial charge in [0, 0.05) is 18.2 Å². The van der Waals surface area contributed by atoms with E-state index in [1.165, 1.54) is 0 Å². The topological polar surface area (TPSA) is 86.8 Å². The Balaban J connectivity index is 2.41. The van der Waals surface area contributed by atoms with Gasteiger partial charge < -0.3 is 24.4 Å². The summed E-state index contributed by atoms with van der Waals surface area (Å²) in [6, 6.07) is 1.90. The minimum atomic E-state index is -2.17. The second-order valence-electron chi connectivity index (χ2n) is 12.4. The molecule has 0 amide bonds. The number of rotatable bonds is 6. The summed E-state index contributed by atoms with van der Waals surface area (Å²) in [6.07, 6.45) is 2.72. The van der Waals surface area contributed by atoms with Crippen LogP contribution in [-0.2, 0) is 13.6 Å². The van der Waals surface area contributed by atoms with E-state index in [9.17, 15) is 5.11 Å². The number of nitrogens with zero attached hydrogens (tertiary/aromatic N) is 1. The lowest BCUT2D eigenvalue weighted by molar-refractivity contribution is -0.230. The summed E-state index contributed by atoms with van der Waals surface area (Å²) >= 11 is 0. The number of nitrogen functional groups attached to an aromatic ring is 1. The quantitative estimate of drug-likeness (QED) is 0.509. The zero-order valence-electron chi connectivity index (χ0n) is 22.1. The fourth-order valence-electron chi connectivity index (χ4n) is 3.40. The summed E-state index contributed by atoms with van der Waals surface area (Å²) in [5.74, 6) is 0. The lowest BCUT2D eigenvalue weighted by Gasteiger charge is -2.52. The Hall–Kier alpha value is -0.776. The van der Waals surface area contributed by atoms with Gasteiger partial charge in [-0.2, -0.15) is 0 Å². The van der Waals surface area contributed by atoms with Crippen molar-refractivity contribution in [2.75, 3.05) is 12.3 Å². The maximum absolute atomic E-state index is 12.0. The van der Waals surface area contributed by atoms with E-state index in [0.717, 1.165) is 5.56 Å². The first-order valence-electron chi connectivity index (χ1n) is 11.7. The van der Waals surface area contributed by atoms with E-state index in [1.54, 1.807) is 12.4 Å². The number of anilines is 1. The molecular formula is C24H46N2O4Si2. The molecule has 1 fully saturated rings. The van der Waals surface area contributed by atoms with Gasteiger partial charge in [0.05, 0.1) is 36.8 Å². The van der Waals surface area contributed by atoms with Crippen LogP contribution in [0.2, 0.25) is 36.3 Å². The maximum atomic E-state index is 12.0. The van der Waals surface area contributed by atoms with E-state index >= 15 is 0 Å². The van der Waals surface area contributed by atoms with Crippen LogP contribution in [0.1, 0.15) is 66.6 Å². The van der Waals surface area contributed by atoms with Gasteiger partial charge in [-0.25, -0.2) is 0 Å². The highest BCUT2D eigenvalue weighted by Gasteiger charge is 2.54. The number of hydrogen-bond donors (Lipinski definition) is 2. The van der Waals surface area contributed by atoms with Crippen LogP contribution >= 0.6 is 0 Å². The van der Waals surface area contributed by atoms with Gasteiger partial charge in [0.1, 0.15) is 5.60 Å². The molecule has 0 saturated carbocycles. The van der Waals surface area contributed by atoms with Crippen molar-refractivity contribution >= 4 is 22.3 Å². The molecule has 32 heavy (non-hydrogen) atoms. The predicted octanol–water partition coefficient (Wildman–Crippen LogP) is 5.66. The molecule has 3 N–H and O–H groups in total. The second-order valence-corrected chi connectivity index (χ2v) is 22.0. The molecule has 0 radical (unpaired) electrons. The van der Waals surface area contributed by atoms with E-state index < -0.39 is 34.4 Å². The molecule has 1 aliphatic heterocycles. The second kappa shape index (κ2) is 9.11. The van der Waals surface area contributed by atoms with Crippen LogP contribution in [0, 0.1) is 0 Å². The number of aromatic nitrogens is 1. The molecule has 0 aromatic carbocycles. The minimum Gasteiger partial charge on any atom is -0.414 e. The monoisotopic (exact) mass is 482 g/mol. The highest BCUT2D eigenvalue weighted by Crippen LogP contribution is 2.46. The van der Waals surface area contributed by atoms with Gasteiger partial charge >= 0.3 is 0 Å². The van der Waals surface area contributed by atoms with Crippen LogP contribution in [0.25, 0.3) is 0 Å². The van der Waals surface area contributed by atoms with Crippen molar-refractivity contribution in [2.24, 2.45) is 0 Å². The van der Waals surface area contributed by atoms with Crippen LogP contribution < -0.4 is 5.73 Å². The van der Waals surface area contributed by atoms with Gasteiger partial charge in [0.2, 0.25) is 0 Å². The standard InChI is InChI=1S/C24H46N2O4Si2/c1-17-24(27,16-28-31(8,9)22(2,3)4)21(30-32(10,11)23(5,6)7)14-20(29-17)18-12-13-26-15-19(18)25/h12-13,15,17,20-21,27H,14,16,25H2,1-11H3/t17?,20-,21-,24-/m1/s1. The Labute approximate surface area is 197 Å². The first-order chi connectivity index (χ1) is 14.3. The van der Waals surface area contributed by atoms with Gasteiger partial charge in [0.15, 0.2) is 16.6 Å². The third-order valence-electron chi connectivity index (χ3n) is 8.01. The lowest BCUT2D eigenvalue weighted by atomic mass is 9.83. The number of hydrogen-bond acceptors (Lipinski definition) is 6. The van der Waals surface area contributed by atoms with Crippen LogP contribution in [-0.4, -0.2) is 51.1 Å². The number of ether oxygens (including phenoxy) is 1. The molecule has 2 heterocycles. The molecule has 1 unspecified atom stereocenters. The summed E-state index contributed by atoms with van der Waals surface area (Å²) in [5.41, 5.74) is 6.45. The fraction of sp³-hybridized carbons (Fsp3) is 0.792. The SMILES string of the molecule is CC1O[C@@H](c2ccncc2N)C[C@@H](O[Si](C)(C)C(C)(C)C)[C@@]1(O)CO[Si](C)(C)C(C)(C)C. The molecule has 4 atom stereocenters. The third-order valence-corrected chi connectivity index (χ3v) is 17.0. The molecule has 184 valence electrons. The zero-order chi connectivity index (χ0) is 24.8. The molecule has 0 spiro atoms. The molecule has 1 aromatic heterocycles. The van der Waals surface area contributed by atoms with Gasteiger partial charge in [-0.1, -0.05) is 41.5 Å². The van der Waals surface area contributed by atoms with E-state index in [2.05, 4.69) is 72.7 Å². The Morgan fingerprint density at radius 2 is 1.69 bits per heavy atom. The molecule has 1 aliphatic rings. The maximum Gasteiger partial charge on any atom is 0.192 e. The summed E-state index contributed by atoms with van der Waals surface area (Å²) in [6.45, 7) is 24.2. The van der Waals surface area contributed by atoms with Crippen LogP contribution in [0.15, 0.2) is 18.5 Å². The number of aliphatic hydroxyl groups is 1. The molecule has 8 heteroatoms. The number of nitrogens with two attached hydrogens (primary N) is 1. The molecule has 0 aliphatic carbocycles. The van der Waals surface area contributed by atoms with Gasteiger partial charge in [-0.15, -0.1) is 0 Å². The minimum absolute atomic E-state index is 0.0148. The summed E-state index contributed by atoms with van der Waals surface area (Å²) in [4.78, 5) is 4.11. The summed E-state index contributed by atoms with van der Waals surface area (Å²) in [7, 11) is -4.24. The van der Waals surface area contributed by atoms with E-state index in [-0.39, 0.29) is 22.8 Å². The molecular weight excluding hydrogens is 436 g/mol. The molecule has 6 nitrogen and oxygen atoms in total. The normalized spacial score (nSPS) is 28.1. The Bertz CT molecular complexity index is 789. The van der Waals surface area contributed by atoms with Crippen molar-refractivity contribution in [2.45, 2.75) is 115 Å². The number of pyridine rings is 1. The van der Waals surface area contributed by atoms with E-state index in [0.29, 0.717) is 12.1 Å². The van der Waals surface area contributed by atoms with Crippen LogP contribution in [0.3, 0.4) is 0 Å². The van der Waals surface area contributed by atoms with Crippen molar-refractivity contribution in [3.63, 3.8) is 0 Å². The van der Waals surface area contributed by atoms with Crippen LogP contribution in [0.4, 0.5) is 5.69 Å². The van der Waals surface area contributed by atoms with Crippen LogP contribution in [0.5, 0.6) is 0 Å². The predicted molar refractivity (Wildman–Crippen MR) is 137 cm³/mol. The molecule has 1 saturated heterocycles. The van der Waals surface area contributed by atoms with Crippen molar-refractivity contribution in [3.8, 4) is 0 Å². The van der Waals surface area contributed by atoms with E-state index in [4.69, 9.17) is 19.3 Å². The Kier molecular flexibility index (Phi) is 7.82. The first-order valence-corrected chi connectivity index (χ1v) is 17.5. The van der Waals surface area contributed by atoms with Gasteiger partial charge in [-0.05, 0) is 49.3 Å². The highest BCUT2D eigenvalue weighted by atomic mass is 28.4. The van der Waals surface area contributed by atoms with Gasteiger partial charge in [-0.3, -0.25) is 4.98 Å². The van der Waals surface area contributed by atoms with Crippen molar-refractivity contribution in [3.05, 3.63) is 24.0 Å². The average molecular weight is 483 g/mol. The Morgan fingerprint density at radius 1 is 1.12 bits per heavy atom. The summed E-state index contributed by atoms with van der Waals surface area (Å²) < 4.78 is 19.7. The zero-order valence-corrected chi connectivity index (χ0v) is 24.1. The lowest BCUT2D eigenvalue weighted by Crippen LogP contribution is -2.64. The highest BCUT2D eigenvalue weighted by molar-refractivity contribution is 6.74. The van der Waals surface area contributed by atoms with Crippen molar-refractivity contribution < 1.29 is 18.7 Å². The van der Waals surface area contributed by atoms with Crippen molar-refractivity contribution in [1.29, 1.82) is 0 Å². The largest absolute Gasteiger partial charge is 0.414 e. The van der Waals surface area contributed by atoms with Gasteiger partial charge in [0.25, 0.3) is 0 Å². The first kappa shape index (κ1) is 27.5. The van der Waals surface area contributed by atoms with Crippen molar-refractivity contribution in [1.82, 2.24) is 4.98 Å². The molecule has 2 rings (SSSR count). The summed E-state index contributed by atoms with van der Waals surface area (Å²) in [5, 5.41) is 12.1.